The molecular weight excluding hydrogens is 288 g/mol. The number of pyridine rings is 1. The summed E-state index contributed by atoms with van der Waals surface area (Å²) in [5.41, 5.74) is 3.89. The number of amides is 1. The highest BCUT2D eigenvalue weighted by Crippen LogP contribution is 2.20. The number of anilines is 1. The number of H-pyrrole nitrogens is 1. The van der Waals surface area contributed by atoms with Crippen LogP contribution in [-0.2, 0) is 12.8 Å². The van der Waals surface area contributed by atoms with Crippen LogP contribution in [0.25, 0.3) is 0 Å². The van der Waals surface area contributed by atoms with Crippen LogP contribution in [0.5, 0.6) is 0 Å². The van der Waals surface area contributed by atoms with Crippen molar-refractivity contribution in [1.82, 2.24) is 4.98 Å². The van der Waals surface area contributed by atoms with Crippen molar-refractivity contribution in [2.75, 3.05) is 5.32 Å². The molecule has 1 heterocycles. The van der Waals surface area contributed by atoms with Gasteiger partial charge in [0.1, 0.15) is 5.56 Å². The van der Waals surface area contributed by atoms with E-state index in [-0.39, 0.29) is 17.0 Å². The molecule has 0 atom stereocenters. The lowest BCUT2D eigenvalue weighted by atomic mass is 9.95. The molecule has 1 amide bonds. The second-order valence-electron chi connectivity index (χ2n) is 6.45. The van der Waals surface area contributed by atoms with Crippen molar-refractivity contribution in [1.29, 1.82) is 0 Å². The van der Waals surface area contributed by atoms with Crippen LogP contribution in [0.1, 0.15) is 59.8 Å². The molecule has 2 aromatic rings. The van der Waals surface area contributed by atoms with E-state index in [4.69, 9.17) is 0 Å². The van der Waals surface area contributed by atoms with Crippen molar-refractivity contribution in [3.63, 3.8) is 0 Å². The smallest absolute Gasteiger partial charge is 0.261 e. The van der Waals surface area contributed by atoms with Crippen LogP contribution in [0.2, 0.25) is 0 Å². The zero-order chi connectivity index (χ0) is 16.4. The number of hydrogen-bond acceptors (Lipinski definition) is 2. The number of nitrogens with one attached hydrogen (secondary N) is 2. The first kappa shape index (κ1) is 15.5. The Morgan fingerprint density at radius 1 is 1.13 bits per heavy atom. The summed E-state index contributed by atoms with van der Waals surface area (Å²) >= 11 is 0. The number of fused-ring (bicyclic) bond motifs is 1. The first-order valence-electron chi connectivity index (χ1n) is 8.21. The van der Waals surface area contributed by atoms with Crippen LogP contribution in [0.3, 0.4) is 0 Å². The Morgan fingerprint density at radius 2 is 1.83 bits per heavy atom. The molecule has 0 unspecified atom stereocenters. The highest BCUT2D eigenvalue weighted by atomic mass is 16.2. The Hall–Kier alpha value is -2.36. The molecule has 1 aromatic heterocycles. The number of aromatic amines is 1. The van der Waals surface area contributed by atoms with Crippen molar-refractivity contribution in [2.24, 2.45) is 0 Å². The fourth-order valence-electron chi connectivity index (χ4n) is 2.99. The average Bonchev–Trinajstić information content (AvgIpc) is 2.54. The molecule has 0 bridgehead atoms. The average molecular weight is 310 g/mol. The van der Waals surface area contributed by atoms with Crippen molar-refractivity contribution >= 4 is 11.6 Å². The fourth-order valence-corrected chi connectivity index (χ4v) is 2.99. The molecular formula is C19H22N2O2. The highest BCUT2D eigenvalue weighted by Gasteiger charge is 2.17. The summed E-state index contributed by atoms with van der Waals surface area (Å²) in [5.74, 6) is 0.0974. The van der Waals surface area contributed by atoms with Gasteiger partial charge in [0.2, 0.25) is 0 Å². The second kappa shape index (κ2) is 6.41. The summed E-state index contributed by atoms with van der Waals surface area (Å²) in [6.45, 7) is 4.25. The van der Waals surface area contributed by atoms with E-state index in [9.17, 15) is 9.59 Å². The maximum Gasteiger partial charge on any atom is 0.261 e. The third kappa shape index (κ3) is 3.36. The second-order valence-corrected chi connectivity index (χ2v) is 6.45. The summed E-state index contributed by atoms with van der Waals surface area (Å²) in [6, 6.07) is 9.50. The van der Waals surface area contributed by atoms with Crippen LogP contribution < -0.4 is 10.9 Å². The van der Waals surface area contributed by atoms with Gasteiger partial charge in [0.05, 0.1) is 0 Å². The SMILES string of the molecule is CC(C)c1ccc(NC(=O)c2cc3c([nH]c2=O)CCCC3)cc1. The lowest BCUT2D eigenvalue weighted by molar-refractivity contribution is 0.102. The topological polar surface area (TPSA) is 62.0 Å². The number of carbonyl (C=O) groups is 1. The van der Waals surface area contributed by atoms with Crippen LogP contribution in [0, 0.1) is 0 Å². The predicted octanol–water partition coefficient (Wildman–Crippen LogP) is 3.63. The van der Waals surface area contributed by atoms with Gasteiger partial charge in [-0.25, -0.2) is 0 Å². The summed E-state index contributed by atoms with van der Waals surface area (Å²) in [6.07, 6.45) is 4.02. The van der Waals surface area contributed by atoms with Crippen molar-refractivity contribution in [3.05, 3.63) is 63.1 Å². The van der Waals surface area contributed by atoms with Crippen LogP contribution in [-0.4, -0.2) is 10.9 Å². The summed E-state index contributed by atoms with van der Waals surface area (Å²) in [5, 5.41) is 2.81. The summed E-state index contributed by atoms with van der Waals surface area (Å²) in [4.78, 5) is 27.4. The molecule has 23 heavy (non-hydrogen) atoms. The number of benzene rings is 1. The zero-order valence-electron chi connectivity index (χ0n) is 13.6. The molecule has 4 heteroatoms. The van der Waals surface area contributed by atoms with Gasteiger partial charge in [-0.05, 0) is 60.9 Å². The number of carbonyl (C=O) groups excluding carboxylic acids is 1. The lowest BCUT2D eigenvalue weighted by Crippen LogP contribution is -2.26. The van der Waals surface area contributed by atoms with Gasteiger partial charge in [-0.2, -0.15) is 0 Å². The third-order valence-electron chi connectivity index (χ3n) is 4.42. The van der Waals surface area contributed by atoms with E-state index in [1.54, 1.807) is 6.07 Å². The molecule has 3 rings (SSSR count). The van der Waals surface area contributed by atoms with Crippen molar-refractivity contribution in [2.45, 2.75) is 45.4 Å². The molecule has 2 N–H and O–H groups in total. The van der Waals surface area contributed by atoms with E-state index < -0.39 is 0 Å². The molecule has 0 spiro atoms. The Balaban J connectivity index is 1.82. The molecule has 1 aliphatic rings. The molecule has 0 saturated heterocycles. The fraction of sp³-hybridized carbons (Fsp3) is 0.368. The molecule has 1 aromatic carbocycles. The highest BCUT2D eigenvalue weighted by molar-refractivity contribution is 6.04. The molecule has 0 aliphatic heterocycles. The van der Waals surface area contributed by atoms with Crippen LogP contribution in [0.15, 0.2) is 35.1 Å². The van der Waals surface area contributed by atoms with E-state index in [1.165, 1.54) is 5.56 Å². The Labute approximate surface area is 135 Å². The van der Waals surface area contributed by atoms with E-state index in [2.05, 4.69) is 24.1 Å². The number of aryl methyl sites for hydroxylation is 2. The van der Waals surface area contributed by atoms with E-state index in [0.717, 1.165) is 36.9 Å². The van der Waals surface area contributed by atoms with Crippen molar-refractivity contribution in [3.8, 4) is 0 Å². The maximum atomic E-state index is 12.4. The number of hydrogen-bond donors (Lipinski definition) is 2. The van der Waals surface area contributed by atoms with E-state index in [1.807, 2.05) is 24.3 Å². The number of aromatic nitrogens is 1. The van der Waals surface area contributed by atoms with Crippen LogP contribution >= 0.6 is 0 Å². The lowest BCUT2D eigenvalue weighted by Gasteiger charge is -2.16. The minimum Gasteiger partial charge on any atom is -0.325 e. The van der Waals surface area contributed by atoms with Gasteiger partial charge < -0.3 is 10.3 Å². The Bertz CT molecular complexity index is 773. The largest absolute Gasteiger partial charge is 0.325 e. The molecule has 4 nitrogen and oxygen atoms in total. The Kier molecular flexibility index (Phi) is 4.33. The third-order valence-corrected chi connectivity index (χ3v) is 4.42. The maximum absolute atomic E-state index is 12.4. The van der Waals surface area contributed by atoms with Gasteiger partial charge in [0.15, 0.2) is 0 Å². The van der Waals surface area contributed by atoms with E-state index >= 15 is 0 Å². The normalized spacial score (nSPS) is 13.7. The molecule has 0 saturated carbocycles. The van der Waals surface area contributed by atoms with Gasteiger partial charge in [-0.3, -0.25) is 9.59 Å². The van der Waals surface area contributed by atoms with Crippen LogP contribution in [0.4, 0.5) is 5.69 Å². The summed E-state index contributed by atoms with van der Waals surface area (Å²) in [7, 11) is 0. The predicted molar refractivity (Wildman–Crippen MR) is 92.2 cm³/mol. The van der Waals surface area contributed by atoms with Gasteiger partial charge in [-0.15, -0.1) is 0 Å². The minimum atomic E-state index is -0.350. The monoisotopic (exact) mass is 310 g/mol. The standard InChI is InChI=1S/C19H22N2O2/c1-12(2)13-7-9-15(10-8-13)20-18(22)16-11-14-5-3-4-6-17(14)21-19(16)23/h7-12H,3-6H2,1-2H3,(H,20,22)(H,21,23). The first-order chi connectivity index (χ1) is 11.0. The van der Waals surface area contributed by atoms with Gasteiger partial charge in [0.25, 0.3) is 11.5 Å². The minimum absolute atomic E-state index is 0.193. The zero-order valence-corrected chi connectivity index (χ0v) is 13.6. The molecule has 1 aliphatic carbocycles. The Morgan fingerprint density at radius 3 is 2.52 bits per heavy atom. The van der Waals surface area contributed by atoms with Gasteiger partial charge in [-0.1, -0.05) is 26.0 Å². The van der Waals surface area contributed by atoms with Gasteiger partial charge in [0, 0.05) is 11.4 Å². The number of rotatable bonds is 3. The first-order valence-corrected chi connectivity index (χ1v) is 8.21. The van der Waals surface area contributed by atoms with Crippen molar-refractivity contribution < 1.29 is 4.79 Å². The molecule has 0 radical (unpaired) electrons. The molecule has 0 fully saturated rings. The van der Waals surface area contributed by atoms with E-state index in [0.29, 0.717) is 11.6 Å². The summed E-state index contributed by atoms with van der Waals surface area (Å²) < 4.78 is 0. The quantitative estimate of drug-likeness (QED) is 0.909. The molecule has 120 valence electrons. The van der Waals surface area contributed by atoms with Gasteiger partial charge >= 0.3 is 0 Å².